The molecule has 8 heteroatoms. The van der Waals surface area contributed by atoms with Crippen LogP contribution < -0.4 is 14.8 Å². The number of carbonyl (C=O) groups excluding carboxylic acids is 1. The molecule has 1 aliphatic rings. The van der Waals surface area contributed by atoms with Gasteiger partial charge in [0.1, 0.15) is 23.1 Å². The summed E-state index contributed by atoms with van der Waals surface area (Å²) in [6, 6.07) is 11.8. The molecule has 8 nitrogen and oxygen atoms in total. The van der Waals surface area contributed by atoms with E-state index < -0.39 is 23.5 Å². The van der Waals surface area contributed by atoms with Gasteiger partial charge in [-0.05, 0) is 48.9 Å². The number of carboxylic acid groups (broad SMARTS) is 1. The van der Waals surface area contributed by atoms with Crippen molar-refractivity contribution < 1.29 is 34.0 Å². The molecule has 1 heterocycles. The number of hydrogen-bond donors (Lipinski definition) is 3. The largest absolute Gasteiger partial charge is 0.496 e. The highest BCUT2D eigenvalue weighted by molar-refractivity contribution is 5.89. The summed E-state index contributed by atoms with van der Waals surface area (Å²) in [4.78, 5) is 24.8. The van der Waals surface area contributed by atoms with Crippen LogP contribution >= 0.6 is 0 Å². The number of carboxylic acids is 1. The lowest BCUT2D eigenvalue weighted by Crippen LogP contribution is -2.53. The molecule has 0 radical (unpaired) electrons. The summed E-state index contributed by atoms with van der Waals surface area (Å²) in [6.45, 7) is 0.397. The molecule has 2 aromatic rings. The van der Waals surface area contributed by atoms with E-state index in [0.717, 1.165) is 23.1 Å². The third-order valence-electron chi connectivity index (χ3n) is 5.97. The van der Waals surface area contributed by atoms with Crippen molar-refractivity contribution in [1.82, 2.24) is 5.32 Å². The second-order valence-electron chi connectivity index (χ2n) is 8.08. The molecule has 0 bridgehead atoms. The molecule has 0 saturated carbocycles. The first-order valence-electron chi connectivity index (χ1n) is 11.0. The second-order valence-corrected chi connectivity index (χ2v) is 8.08. The van der Waals surface area contributed by atoms with Gasteiger partial charge in [-0.25, -0.2) is 4.79 Å². The van der Waals surface area contributed by atoms with Crippen LogP contribution in [-0.4, -0.2) is 61.2 Å². The number of carbonyl (C=O) groups is 2. The maximum Gasteiger partial charge on any atom is 0.326 e. The van der Waals surface area contributed by atoms with Crippen LogP contribution in [0, 0.1) is 0 Å². The maximum absolute atomic E-state index is 12.9. The lowest BCUT2D eigenvalue weighted by Gasteiger charge is -2.28. The number of methoxy groups -OCH3 is 2. The van der Waals surface area contributed by atoms with Crippen LogP contribution in [0.1, 0.15) is 31.2 Å². The maximum atomic E-state index is 12.9. The Balaban J connectivity index is 1.76. The Morgan fingerprint density at radius 2 is 1.79 bits per heavy atom. The van der Waals surface area contributed by atoms with Crippen LogP contribution in [0.5, 0.6) is 11.5 Å². The molecule has 33 heavy (non-hydrogen) atoms. The van der Waals surface area contributed by atoms with Gasteiger partial charge in [0.05, 0.1) is 19.8 Å². The van der Waals surface area contributed by atoms with Gasteiger partial charge in [-0.1, -0.05) is 30.3 Å². The van der Waals surface area contributed by atoms with Gasteiger partial charge in [0.25, 0.3) is 5.91 Å². The summed E-state index contributed by atoms with van der Waals surface area (Å²) < 4.78 is 16.6. The third kappa shape index (κ3) is 5.64. The molecule has 0 aliphatic carbocycles. The number of hydrogen-bond acceptors (Lipinski definition) is 6. The molecule has 1 fully saturated rings. The first-order chi connectivity index (χ1) is 15.9. The number of aliphatic hydroxyl groups excluding tert-OH is 1. The Bertz CT molecular complexity index is 929. The third-order valence-corrected chi connectivity index (χ3v) is 5.97. The number of aliphatic hydroxyl groups is 1. The van der Waals surface area contributed by atoms with Crippen molar-refractivity contribution in [2.75, 3.05) is 27.4 Å². The molecule has 0 aromatic heterocycles. The quantitative estimate of drug-likeness (QED) is 0.475. The summed E-state index contributed by atoms with van der Waals surface area (Å²) >= 11 is 0. The minimum absolute atomic E-state index is 0.0515. The number of nitrogens with one attached hydrogen (secondary N) is 1. The summed E-state index contributed by atoms with van der Waals surface area (Å²) in [5.74, 6) is -0.213. The molecule has 2 atom stereocenters. The molecular formula is C25H31NO7. The monoisotopic (exact) mass is 457 g/mol. The van der Waals surface area contributed by atoms with Gasteiger partial charge in [0, 0.05) is 19.6 Å². The van der Waals surface area contributed by atoms with Gasteiger partial charge in [-0.15, -0.1) is 0 Å². The number of rotatable bonds is 11. The van der Waals surface area contributed by atoms with Gasteiger partial charge in [-0.3, -0.25) is 4.79 Å². The molecule has 1 amide bonds. The van der Waals surface area contributed by atoms with E-state index in [1.165, 1.54) is 0 Å². The summed E-state index contributed by atoms with van der Waals surface area (Å²) in [7, 11) is 3.18. The minimum atomic E-state index is -1.12. The van der Waals surface area contributed by atoms with Crippen molar-refractivity contribution in [3.8, 4) is 22.6 Å². The predicted octanol–water partition coefficient (Wildman–Crippen LogP) is 2.80. The molecule has 3 rings (SSSR count). The molecule has 0 spiro atoms. The molecule has 1 unspecified atom stereocenters. The average Bonchev–Trinajstić information content (AvgIpc) is 3.32. The SMILES string of the molecule is COc1cccc(OC)c1-c1ccc(C[C@H](NC(=O)C2(CCCO)CCCO2)C(=O)O)cc1. The molecular weight excluding hydrogens is 426 g/mol. The zero-order valence-electron chi connectivity index (χ0n) is 19.0. The van der Waals surface area contributed by atoms with Gasteiger partial charge >= 0.3 is 5.97 Å². The van der Waals surface area contributed by atoms with Crippen molar-refractivity contribution >= 4 is 11.9 Å². The standard InChI is InChI=1S/C25H31NO7/c1-31-20-6-3-7-21(32-2)22(20)18-10-8-17(9-11-18)16-19(23(28)29)26-24(30)25(12-4-14-27)13-5-15-33-25/h3,6-11,19,27H,4-5,12-16H2,1-2H3,(H,26,30)(H,28,29)/t19-,25?/m0/s1. The highest BCUT2D eigenvalue weighted by Crippen LogP contribution is 2.38. The smallest absolute Gasteiger partial charge is 0.326 e. The van der Waals surface area contributed by atoms with E-state index >= 15 is 0 Å². The van der Waals surface area contributed by atoms with Crippen LogP contribution in [0.3, 0.4) is 0 Å². The van der Waals surface area contributed by atoms with E-state index in [9.17, 15) is 14.7 Å². The normalized spacial score (nSPS) is 18.5. The lowest BCUT2D eigenvalue weighted by molar-refractivity contribution is -0.149. The van der Waals surface area contributed by atoms with Gasteiger partial charge in [-0.2, -0.15) is 0 Å². The van der Waals surface area contributed by atoms with Crippen molar-refractivity contribution in [2.24, 2.45) is 0 Å². The summed E-state index contributed by atoms with van der Waals surface area (Å²) in [5, 5.41) is 21.5. The van der Waals surface area contributed by atoms with Crippen molar-refractivity contribution in [3.63, 3.8) is 0 Å². The molecule has 178 valence electrons. The Hall–Kier alpha value is -3.10. The first kappa shape index (κ1) is 24.5. The number of aliphatic carboxylic acids is 1. The Morgan fingerprint density at radius 3 is 2.30 bits per heavy atom. The van der Waals surface area contributed by atoms with E-state index in [1.807, 2.05) is 42.5 Å². The molecule has 1 aliphatic heterocycles. The van der Waals surface area contributed by atoms with Crippen molar-refractivity contribution in [2.45, 2.75) is 43.7 Å². The topological polar surface area (TPSA) is 114 Å². The number of amides is 1. The number of ether oxygens (including phenoxy) is 3. The molecule has 1 saturated heterocycles. The van der Waals surface area contributed by atoms with Crippen LogP contribution in [0.4, 0.5) is 0 Å². The molecule has 2 aromatic carbocycles. The predicted molar refractivity (Wildman–Crippen MR) is 122 cm³/mol. The average molecular weight is 458 g/mol. The fourth-order valence-corrected chi connectivity index (χ4v) is 4.22. The van der Waals surface area contributed by atoms with Crippen LogP contribution in [-0.2, 0) is 20.7 Å². The summed E-state index contributed by atoms with van der Waals surface area (Å²) in [6.07, 6.45) is 2.14. The van der Waals surface area contributed by atoms with E-state index in [4.69, 9.17) is 19.3 Å². The fourth-order valence-electron chi connectivity index (χ4n) is 4.22. The zero-order valence-corrected chi connectivity index (χ0v) is 19.0. The zero-order chi connectivity index (χ0) is 23.8. The summed E-state index contributed by atoms with van der Waals surface area (Å²) in [5.41, 5.74) is 1.37. The highest BCUT2D eigenvalue weighted by Gasteiger charge is 2.43. The fraction of sp³-hybridized carbons (Fsp3) is 0.440. The van der Waals surface area contributed by atoms with Crippen LogP contribution in [0.2, 0.25) is 0 Å². The van der Waals surface area contributed by atoms with E-state index in [2.05, 4.69) is 5.32 Å². The Kier molecular flexibility index (Phi) is 8.30. The lowest BCUT2D eigenvalue weighted by atomic mass is 9.92. The highest BCUT2D eigenvalue weighted by atomic mass is 16.5. The van der Waals surface area contributed by atoms with E-state index in [0.29, 0.717) is 37.4 Å². The van der Waals surface area contributed by atoms with Gasteiger partial charge in [0.15, 0.2) is 0 Å². The van der Waals surface area contributed by atoms with E-state index in [1.54, 1.807) is 14.2 Å². The Morgan fingerprint density at radius 1 is 1.12 bits per heavy atom. The van der Waals surface area contributed by atoms with Gasteiger partial charge in [0.2, 0.25) is 0 Å². The van der Waals surface area contributed by atoms with E-state index in [-0.39, 0.29) is 13.0 Å². The minimum Gasteiger partial charge on any atom is -0.496 e. The molecule has 3 N–H and O–H groups in total. The number of benzene rings is 2. The van der Waals surface area contributed by atoms with Crippen molar-refractivity contribution in [3.05, 3.63) is 48.0 Å². The van der Waals surface area contributed by atoms with Crippen LogP contribution in [0.25, 0.3) is 11.1 Å². The first-order valence-corrected chi connectivity index (χ1v) is 11.0. The van der Waals surface area contributed by atoms with Crippen LogP contribution in [0.15, 0.2) is 42.5 Å². The van der Waals surface area contributed by atoms with Gasteiger partial charge < -0.3 is 29.7 Å². The Labute approximate surface area is 193 Å². The second kappa shape index (κ2) is 11.2. The van der Waals surface area contributed by atoms with Crippen molar-refractivity contribution in [1.29, 1.82) is 0 Å².